The van der Waals surface area contributed by atoms with Crippen LogP contribution in [0.1, 0.15) is 12.7 Å². The van der Waals surface area contributed by atoms with Crippen LogP contribution in [0.5, 0.6) is 5.75 Å². The van der Waals surface area contributed by atoms with E-state index in [-0.39, 0.29) is 0 Å². The number of aryl methyl sites for hydroxylation is 1. The average molecular weight is 218 g/mol. The van der Waals surface area contributed by atoms with Gasteiger partial charge in [-0.15, -0.1) is 0 Å². The summed E-state index contributed by atoms with van der Waals surface area (Å²) in [7, 11) is 0. The highest BCUT2D eigenvalue weighted by Crippen LogP contribution is 2.20. The largest absolute Gasteiger partial charge is 0.483 e. The molecule has 0 saturated heterocycles. The van der Waals surface area contributed by atoms with Crippen molar-refractivity contribution < 1.29 is 4.74 Å². The second-order valence-electron chi connectivity index (χ2n) is 3.32. The van der Waals surface area contributed by atoms with Gasteiger partial charge in [-0.3, -0.25) is 0 Å². The smallest absolute Gasteiger partial charge is 0.164 e. The summed E-state index contributed by atoms with van der Waals surface area (Å²) < 4.78 is 7.37. The number of benzene rings is 1. The second-order valence-corrected chi connectivity index (χ2v) is 3.32. The van der Waals surface area contributed by atoms with E-state index in [1.807, 2.05) is 25.1 Å². The fourth-order valence-corrected chi connectivity index (χ4v) is 1.42. The number of ether oxygens (including phenoxy) is 1. The van der Waals surface area contributed by atoms with Crippen LogP contribution in [0.3, 0.4) is 0 Å². The summed E-state index contributed by atoms with van der Waals surface area (Å²) in [5.74, 6) is 1.47. The zero-order valence-corrected chi connectivity index (χ0v) is 9.13. The van der Waals surface area contributed by atoms with Gasteiger partial charge in [-0.25, -0.2) is 9.67 Å². The number of rotatable bonds is 4. The van der Waals surface area contributed by atoms with Crippen molar-refractivity contribution in [3.05, 3.63) is 36.4 Å². The summed E-state index contributed by atoms with van der Waals surface area (Å²) in [6.45, 7) is 3.17. The molecule has 0 unspecified atom stereocenters. The predicted octanol–water partition coefficient (Wildman–Crippen LogP) is 1.46. The van der Waals surface area contributed by atoms with Gasteiger partial charge in [0.1, 0.15) is 18.7 Å². The van der Waals surface area contributed by atoms with E-state index < -0.39 is 0 Å². The van der Waals surface area contributed by atoms with Crippen LogP contribution in [0.2, 0.25) is 0 Å². The molecule has 1 aromatic heterocycles. The lowest BCUT2D eigenvalue weighted by Crippen LogP contribution is -2.07. The highest BCUT2D eigenvalue weighted by atomic mass is 16.5. The summed E-state index contributed by atoms with van der Waals surface area (Å²) in [6.07, 6.45) is 1.52. The van der Waals surface area contributed by atoms with Crippen LogP contribution < -0.4 is 10.5 Å². The molecule has 0 aliphatic heterocycles. The molecular weight excluding hydrogens is 204 g/mol. The minimum Gasteiger partial charge on any atom is -0.483 e. The average Bonchev–Trinajstić information content (AvgIpc) is 2.75. The molecule has 0 atom stereocenters. The molecule has 0 spiro atoms. The van der Waals surface area contributed by atoms with Crippen LogP contribution in [0.15, 0.2) is 30.6 Å². The molecule has 0 aliphatic carbocycles. The highest BCUT2D eigenvalue weighted by Gasteiger charge is 2.04. The monoisotopic (exact) mass is 218 g/mol. The lowest BCUT2D eigenvalue weighted by molar-refractivity contribution is 0.289. The van der Waals surface area contributed by atoms with E-state index in [1.165, 1.54) is 6.33 Å². The molecule has 0 fully saturated rings. The zero-order valence-electron chi connectivity index (χ0n) is 9.13. The Morgan fingerprint density at radius 1 is 1.38 bits per heavy atom. The van der Waals surface area contributed by atoms with Gasteiger partial charge in [0.25, 0.3) is 0 Å². The van der Waals surface area contributed by atoms with Crippen molar-refractivity contribution in [2.45, 2.75) is 20.1 Å². The van der Waals surface area contributed by atoms with Crippen LogP contribution in [0.25, 0.3) is 0 Å². The van der Waals surface area contributed by atoms with Gasteiger partial charge >= 0.3 is 0 Å². The van der Waals surface area contributed by atoms with Crippen molar-refractivity contribution in [1.82, 2.24) is 14.8 Å². The molecule has 0 radical (unpaired) electrons. The maximum Gasteiger partial charge on any atom is 0.164 e. The lowest BCUT2D eigenvalue weighted by atomic mass is 10.3. The first-order valence-corrected chi connectivity index (χ1v) is 5.15. The fourth-order valence-electron chi connectivity index (χ4n) is 1.42. The summed E-state index contributed by atoms with van der Waals surface area (Å²) >= 11 is 0. The van der Waals surface area contributed by atoms with Gasteiger partial charge in [0.15, 0.2) is 5.82 Å². The van der Waals surface area contributed by atoms with Gasteiger partial charge in [0.2, 0.25) is 0 Å². The van der Waals surface area contributed by atoms with Crippen LogP contribution in [0.4, 0.5) is 5.69 Å². The Hall–Kier alpha value is -2.04. The number of hydrogen-bond donors (Lipinski definition) is 1. The number of hydrogen-bond acceptors (Lipinski definition) is 4. The molecule has 0 aliphatic rings. The summed E-state index contributed by atoms with van der Waals surface area (Å²) in [5.41, 5.74) is 6.39. The summed E-state index contributed by atoms with van der Waals surface area (Å²) in [6, 6.07) is 7.40. The molecule has 5 heteroatoms. The standard InChI is InChI=1S/C11H14N4O/c1-2-15-11(13-8-14-15)7-16-10-6-4-3-5-9(10)12/h3-6,8H,2,7,12H2,1H3. The molecule has 2 aromatic rings. The Morgan fingerprint density at radius 2 is 2.19 bits per heavy atom. The van der Waals surface area contributed by atoms with Crippen molar-refractivity contribution in [2.24, 2.45) is 0 Å². The SMILES string of the molecule is CCn1ncnc1COc1ccccc1N. The Morgan fingerprint density at radius 3 is 2.94 bits per heavy atom. The molecule has 1 aromatic carbocycles. The maximum absolute atomic E-state index is 5.76. The van der Waals surface area contributed by atoms with Gasteiger partial charge in [0, 0.05) is 6.54 Å². The van der Waals surface area contributed by atoms with Crippen molar-refractivity contribution in [2.75, 3.05) is 5.73 Å². The normalized spacial score (nSPS) is 10.3. The minimum atomic E-state index is 0.377. The van der Waals surface area contributed by atoms with E-state index in [0.29, 0.717) is 18.0 Å². The molecule has 0 amide bonds. The number of aromatic nitrogens is 3. The Labute approximate surface area is 93.9 Å². The van der Waals surface area contributed by atoms with Crippen molar-refractivity contribution in [3.63, 3.8) is 0 Å². The van der Waals surface area contributed by atoms with Crippen LogP contribution in [0, 0.1) is 0 Å². The first-order valence-electron chi connectivity index (χ1n) is 5.15. The molecule has 2 N–H and O–H groups in total. The third-order valence-corrected chi connectivity index (χ3v) is 2.27. The Bertz CT molecular complexity index is 467. The van der Waals surface area contributed by atoms with E-state index >= 15 is 0 Å². The lowest BCUT2D eigenvalue weighted by Gasteiger charge is -2.08. The first-order chi connectivity index (χ1) is 7.81. The van der Waals surface area contributed by atoms with E-state index in [4.69, 9.17) is 10.5 Å². The summed E-state index contributed by atoms with van der Waals surface area (Å²) in [5, 5.41) is 4.06. The van der Waals surface area contributed by atoms with Crippen molar-refractivity contribution >= 4 is 5.69 Å². The molecule has 84 valence electrons. The molecule has 16 heavy (non-hydrogen) atoms. The first kappa shape index (κ1) is 10.5. The quantitative estimate of drug-likeness (QED) is 0.789. The molecular formula is C11H14N4O. The van der Waals surface area contributed by atoms with Gasteiger partial charge in [0.05, 0.1) is 5.69 Å². The Kier molecular flexibility index (Phi) is 3.05. The van der Waals surface area contributed by atoms with E-state index in [9.17, 15) is 0 Å². The van der Waals surface area contributed by atoms with E-state index in [1.54, 1.807) is 10.7 Å². The Balaban J connectivity index is 2.05. The van der Waals surface area contributed by atoms with Crippen molar-refractivity contribution in [1.29, 1.82) is 0 Å². The summed E-state index contributed by atoms with van der Waals surface area (Å²) in [4.78, 5) is 4.12. The van der Waals surface area contributed by atoms with Crippen LogP contribution >= 0.6 is 0 Å². The number of nitrogens with two attached hydrogens (primary N) is 1. The molecule has 1 heterocycles. The fraction of sp³-hybridized carbons (Fsp3) is 0.273. The van der Waals surface area contributed by atoms with Gasteiger partial charge in [-0.1, -0.05) is 12.1 Å². The second kappa shape index (κ2) is 4.65. The number of nitrogens with zero attached hydrogens (tertiary/aromatic N) is 3. The van der Waals surface area contributed by atoms with Crippen molar-refractivity contribution in [3.8, 4) is 5.75 Å². The molecule has 0 saturated carbocycles. The zero-order chi connectivity index (χ0) is 11.4. The third-order valence-electron chi connectivity index (χ3n) is 2.27. The number of para-hydroxylation sites is 2. The van der Waals surface area contributed by atoms with Gasteiger partial charge in [-0.05, 0) is 19.1 Å². The van der Waals surface area contributed by atoms with E-state index in [0.717, 1.165) is 12.4 Å². The topological polar surface area (TPSA) is 66.0 Å². The third kappa shape index (κ3) is 2.13. The molecule has 5 nitrogen and oxygen atoms in total. The number of nitrogen functional groups attached to an aromatic ring is 1. The highest BCUT2D eigenvalue weighted by molar-refractivity contribution is 5.51. The van der Waals surface area contributed by atoms with E-state index in [2.05, 4.69) is 10.1 Å². The van der Waals surface area contributed by atoms with Gasteiger partial charge in [-0.2, -0.15) is 5.10 Å². The number of anilines is 1. The van der Waals surface area contributed by atoms with Crippen LogP contribution in [-0.2, 0) is 13.2 Å². The van der Waals surface area contributed by atoms with Gasteiger partial charge < -0.3 is 10.5 Å². The maximum atomic E-state index is 5.76. The molecule has 2 rings (SSSR count). The molecule has 0 bridgehead atoms. The van der Waals surface area contributed by atoms with Crippen LogP contribution in [-0.4, -0.2) is 14.8 Å². The predicted molar refractivity (Wildman–Crippen MR) is 60.9 cm³/mol. The minimum absolute atomic E-state index is 0.377.